The Morgan fingerprint density at radius 3 is 1.64 bits per heavy atom. The average molecular weight is 344 g/mol. The molecular formula is C23H21OP. The van der Waals surface area contributed by atoms with Gasteiger partial charge in [0.25, 0.3) is 0 Å². The van der Waals surface area contributed by atoms with Gasteiger partial charge in [0.1, 0.15) is 0 Å². The van der Waals surface area contributed by atoms with E-state index in [2.05, 4.69) is 24.3 Å². The summed E-state index contributed by atoms with van der Waals surface area (Å²) in [5.41, 5.74) is 1.17. The van der Waals surface area contributed by atoms with Crippen LogP contribution in [-0.2, 0) is 4.57 Å². The van der Waals surface area contributed by atoms with Crippen LogP contribution in [0.3, 0.4) is 0 Å². The molecule has 1 nitrogen and oxygen atoms in total. The molecule has 3 rings (SSSR count). The Balaban J connectivity index is 1.81. The van der Waals surface area contributed by atoms with Crippen LogP contribution in [0.25, 0.3) is 6.08 Å². The highest BCUT2D eigenvalue weighted by Gasteiger charge is 2.23. The lowest BCUT2D eigenvalue weighted by atomic mass is 10.2. The van der Waals surface area contributed by atoms with Crippen molar-refractivity contribution in [3.63, 3.8) is 0 Å². The molecule has 124 valence electrons. The maximum Gasteiger partial charge on any atom is 0.163 e. The van der Waals surface area contributed by atoms with E-state index in [-0.39, 0.29) is 0 Å². The van der Waals surface area contributed by atoms with E-state index in [1.807, 2.05) is 90.8 Å². The SMILES string of the molecule is O=P(/C=C\C/C=C/c1ccccc1)(c1ccccc1)c1ccccc1. The minimum Gasteiger partial charge on any atom is -0.309 e. The molecule has 0 saturated heterocycles. The van der Waals surface area contributed by atoms with Crippen molar-refractivity contribution in [1.29, 1.82) is 0 Å². The molecule has 3 aromatic carbocycles. The Labute approximate surface area is 149 Å². The quantitative estimate of drug-likeness (QED) is 0.531. The molecule has 0 fully saturated rings. The van der Waals surface area contributed by atoms with E-state index in [0.717, 1.165) is 17.0 Å². The number of hydrogen-bond acceptors (Lipinski definition) is 1. The van der Waals surface area contributed by atoms with Crippen molar-refractivity contribution in [2.45, 2.75) is 6.42 Å². The van der Waals surface area contributed by atoms with Crippen LogP contribution >= 0.6 is 7.14 Å². The van der Waals surface area contributed by atoms with Gasteiger partial charge in [-0.15, -0.1) is 0 Å². The summed E-state index contributed by atoms with van der Waals surface area (Å²) in [4.78, 5) is 0. The van der Waals surface area contributed by atoms with E-state index in [4.69, 9.17) is 0 Å². The largest absolute Gasteiger partial charge is 0.309 e. The Hall–Kier alpha value is -2.63. The van der Waals surface area contributed by atoms with Crippen LogP contribution < -0.4 is 10.6 Å². The molecule has 0 radical (unpaired) electrons. The highest BCUT2D eigenvalue weighted by Crippen LogP contribution is 2.44. The smallest absolute Gasteiger partial charge is 0.163 e. The minimum atomic E-state index is -2.75. The van der Waals surface area contributed by atoms with E-state index in [1.165, 1.54) is 5.56 Å². The zero-order chi connectivity index (χ0) is 17.4. The summed E-state index contributed by atoms with van der Waals surface area (Å²) in [6.45, 7) is 0. The van der Waals surface area contributed by atoms with Gasteiger partial charge in [-0.1, -0.05) is 109 Å². The molecular weight excluding hydrogens is 323 g/mol. The number of hydrogen-bond donors (Lipinski definition) is 0. The fraction of sp³-hybridized carbons (Fsp3) is 0.0435. The van der Waals surface area contributed by atoms with Crippen LogP contribution in [-0.4, -0.2) is 0 Å². The molecule has 2 heteroatoms. The number of rotatable bonds is 6. The molecule has 3 aromatic rings. The lowest BCUT2D eigenvalue weighted by Crippen LogP contribution is -2.13. The van der Waals surface area contributed by atoms with Crippen molar-refractivity contribution in [2.75, 3.05) is 0 Å². The second-order valence-corrected chi connectivity index (χ2v) is 8.41. The number of allylic oxidation sites excluding steroid dienone is 2. The van der Waals surface area contributed by atoms with Crippen LogP contribution in [0.5, 0.6) is 0 Å². The van der Waals surface area contributed by atoms with Gasteiger partial charge in [-0.05, 0) is 17.8 Å². The zero-order valence-electron chi connectivity index (χ0n) is 14.0. The van der Waals surface area contributed by atoms with Gasteiger partial charge in [-0.3, -0.25) is 0 Å². The Morgan fingerprint density at radius 2 is 1.12 bits per heavy atom. The van der Waals surface area contributed by atoms with Crippen molar-refractivity contribution in [1.82, 2.24) is 0 Å². The van der Waals surface area contributed by atoms with E-state index < -0.39 is 7.14 Å². The summed E-state index contributed by atoms with van der Waals surface area (Å²) in [5, 5.41) is 1.73. The van der Waals surface area contributed by atoms with E-state index in [0.29, 0.717) is 0 Å². The van der Waals surface area contributed by atoms with Crippen LogP contribution in [0.15, 0.2) is 109 Å². The molecule has 0 atom stereocenters. The summed E-state index contributed by atoms with van der Waals surface area (Å²) in [6, 6.07) is 29.6. The highest BCUT2D eigenvalue weighted by molar-refractivity contribution is 7.81. The van der Waals surface area contributed by atoms with Gasteiger partial charge < -0.3 is 4.57 Å². The normalized spacial score (nSPS) is 12.0. The third-order valence-corrected chi connectivity index (χ3v) is 6.74. The molecule has 0 aliphatic carbocycles. The van der Waals surface area contributed by atoms with Gasteiger partial charge in [0.05, 0.1) is 0 Å². The molecule has 0 heterocycles. The summed E-state index contributed by atoms with van der Waals surface area (Å²) >= 11 is 0. The van der Waals surface area contributed by atoms with Gasteiger partial charge in [-0.25, -0.2) is 0 Å². The van der Waals surface area contributed by atoms with Crippen molar-refractivity contribution in [3.8, 4) is 0 Å². The standard InChI is InChI=1S/C23H21OP/c24-25(22-16-8-2-9-17-22,23-18-10-3-11-19-23)20-12-4-7-15-21-13-5-1-6-14-21/h1-3,5-20H,4H2/b15-7+,20-12-. The molecule has 0 N–H and O–H groups in total. The summed E-state index contributed by atoms with van der Waals surface area (Å²) in [5.74, 6) is 1.88. The van der Waals surface area contributed by atoms with E-state index in [9.17, 15) is 4.57 Å². The second kappa shape index (κ2) is 8.46. The van der Waals surface area contributed by atoms with Crippen molar-refractivity contribution in [3.05, 3.63) is 115 Å². The molecule has 0 aliphatic rings. The summed E-state index contributed by atoms with van der Waals surface area (Å²) in [6.07, 6.45) is 6.92. The molecule has 0 saturated carbocycles. The van der Waals surface area contributed by atoms with Crippen molar-refractivity contribution in [2.24, 2.45) is 0 Å². The molecule has 0 spiro atoms. The molecule has 0 aromatic heterocycles. The molecule has 0 bridgehead atoms. The van der Waals surface area contributed by atoms with Gasteiger partial charge in [-0.2, -0.15) is 0 Å². The van der Waals surface area contributed by atoms with Crippen LogP contribution in [0.1, 0.15) is 12.0 Å². The van der Waals surface area contributed by atoms with Crippen LogP contribution in [0.2, 0.25) is 0 Å². The average Bonchev–Trinajstić information content (AvgIpc) is 2.70. The molecule has 0 aliphatic heterocycles. The Bertz CT molecular complexity index is 838. The lowest BCUT2D eigenvalue weighted by molar-refractivity contribution is 0.592. The van der Waals surface area contributed by atoms with Crippen molar-refractivity contribution >= 4 is 23.8 Å². The fourth-order valence-corrected chi connectivity index (χ4v) is 4.97. The van der Waals surface area contributed by atoms with Gasteiger partial charge in [0.2, 0.25) is 0 Å². The monoisotopic (exact) mass is 344 g/mol. The van der Waals surface area contributed by atoms with Gasteiger partial charge in [0.15, 0.2) is 7.14 Å². The third-order valence-electron chi connectivity index (χ3n) is 3.98. The predicted molar refractivity (Wildman–Crippen MR) is 109 cm³/mol. The topological polar surface area (TPSA) is 17.1 Å². The molecule has 0 amide bonds. The summed E-state index contributed by atoms with van der Waals surface area (Å²) < 4.78 is 13.7. The fourth-order valence-electron chi connectivity index (χ4n) is 2.68. The lowest BCUT2D eigenvalue weighted by Gasteiger charge is -2.15. The van der Waals surface area contributed by atoms with Crippen LogP contribution in [0.4, 0.5) is 0 Å². The first-order valence-electron chi connectivity index (χ1n) is 8.39. The first kappa shape index (κ1) is 17.2. The Morgan fingerprint density at radius 1 is 0.640 bits per heavy atom. The van der Waals surface area contributed by atoms with Gasteiger partial charge >= 0.3 is 0 Å². The maximum atomic E-state index is 13.7. The van der Waals surface area contributed by atoms with Gasteiger partial charge in [0, 0.05) is 10.6 Å². The van der Waals surface area contributed by atoms with E-state index in [1.54, 1.807) is 0 Å². The van der Waals surface area contributed by atoms with Crippen molar-refractivity contribution < 1.29 is 4.57 Å². The third kappa shape index (κ3) is 4.47. The summed E-state index contributed by atoms with van der Waals surface area (Å²) in [7, 11) is -2.75. The van der Waals surface area contributed by atoms with E-state index >= 15 is 0 Å². The first-order chi connectivity index (χ1) is 12.3. The first-order valence-corrected chi connectivity index (χ1v) is 10.2. The predicted octanol–water partition coefficient (Wildman–Crippen LogP) is 5.62. The zero-order valence-corrected chi connectivity index (χ0v) is 14.9. The molecule has 0 unspecified atom stereocenters. The Kier molecular flexibility index (Phi) is 5.82. The highest BCUT2D eigenvalue weighted by atomic mass is 31.2. The molecule has 25 heavy (non-hydrogen) atoms. The maximum absolute atomic E-state index is 13.7. The minimum absolute atomic E-state index is 0.749. The van der Waals surface area contributed by atoms with Crippen LogP contribution in [0, 0.1) is 0 Å². The number of benzene rings is 3. The second-order valence-electron chi connectivity index (χ2n) is 5.76.